The van der Waals surface area contributed by atoms with E-state index >= 15 is 0 Å². The number of aromatic nitrogens is 8. The van der Waals surface area contributed by atoms with E-state index in [1.165, 1.54) is 55.3 Å². The molecule has 0 aliphatic heterocycles. The highest BCUT2D eigenvalue weighted by molar-refractivity contribution is 7.21. The van der Waals surface area contributed by atoms with Crippen LogP contribution in [0.3, 0.4) is 0 Å². The van der Waals surface area contributed by atoms with Crippen LogP contribution in [0.5, 0.6) is 0 Å². The van der Waals surface area contributed by atoms with Crippen LogP contribution in [0, 0.1) is 55.4 Å². The largest absolute Gasteiger partial charge is 0.308 e. The van der Waals surface area contributed by atoms with Gasteiger partial charge in [0.25, 0.3) is 0 Å². The zero-order chi connectivity index (χ0) is 62.7. The molecular formula is C84H62N8S. The molecule has 6 heterocycles. The second kappa shape index (κ2) is 20.6. The molecule has 18 rings (SSSR count). The molecule has 0 bridgehead atoms. The lowest BCUT2D eigenvalue weighted by molar-refractivity contribution is 1.02. The second-order valence-corrected chi connectivity index (χ2v) is 26.7. The lowest BCUT2D eigenvalue weighted by Crippen LogP contribution is -2.17. The molecule has 6 aromatic heterocycles. The Morgan fingerprint density at radius 3 is 0.860 bits per heavy atom. The molecule has 0 N–H and O–H groups in total. The van der Waals surface area contributed by atoms with Gasteiger partial charge in [-0.1, -0.05) is 166 Å². The summed E-state index contributed by atoms with van der Waals surface area (Å²) in [5, 5.41) is 10.1. The fraction of sp³-hybridized carbons (Fsp3) is 0.0952. The first-order valence-corrected chi connectivity index (χ1v) is 32.7. The summed E-state index contributed by atoms with van der Waals surface area (Å²) >= 11 is 1.73. The zero-order valence-electron chi connectivity index (χ0n) is 52.9. The van der Waals surface area contributed by atoms with E-state index in [4.69, 9.17) is 19.9 Å². The summed E-state index contributed by atoms with van der Waals surface area (Å²) in [5.74, 6) is 1.62. The highest BCUT2D eigenvalue weighted by Gasteiger charge is 2.38. The zero-order valence-corrected chi connectivity index (χ0v) is 53.7. The van der Waals surface area contributed by atoms with E-state index in [2.05, 4.69) is 304 Å². The molecule has 0 radical (unpaired) electrons. The Kier molecular flexibility index (Phi) is 12.1. The van der Waals surface area contributed by atoms with Gasteiger partial charge in [-0.05, 0) is 165 Å². The SMILES string of the molecule is Cc1ccc2c(c1)c1cc(C)ccc1n2-c1c(-c2nc(-c3ccccc3)nc(-c3ccccc3)n2)c(-n2c3ccc(C)cc3c3cc(C)ccc32)c(-n2c3ccc(C)cc3c3cc(C)ccc32)c(-n2c3ccc(C)cc3c3cc(C)ccc32)c1-c1nc2ccccc2s1. The third kappa shape index (κ3) is 8.43. The summed E-state index contributed by atoms with van der Waals surface area (Å²) < 4.78 is 11.4. The van der Waals surface area contributed by atoms with Crippen molar-refractivity contribution < 1.29 is 0 Å². The highest BCUT2D eigenvalue weighted by atomic mass is 32.1. The van der Waals surface area contributed by atoms with E-state index in [-0.39, 0.29) is 0 Å². The maximum atomic E-state index is 5.99. The molecule has 0 aliphatic carbocycles. The minimum Gasteiger partial charge on any atom is -0.308 e. The van der Waals surface area contributed by atoms with Gasteiger partial charge in [0.2, 0.25) is 0 Å². The van der Waals surface area contributed by atoms with E-state index < -0.39 is 0 Å². The number of rotatable bonds is 8. The molecule has 93 heavy (non-hydrogen) atoms. The molecule has 0 saturated heterocycles. The van der Waals surface area contributed by atoms with Gasteiger partial charge in [-0.15, -0.1) is 11.3 Å². The van der Waals surface area contributed by atoms with Gasteiger partial charge in [-0.2, -0.15) is 0 Å². The minimum absolute atomic E-state index is 0.507. The van der Waals surface area contributed by atoms with Crippen LogP contribution in [-0.4, -0.2) is 38.2 Å². The van der Waals surface area contributed by atoms with Crippen LogP contribution in [0.15, 0.2) is 231 Å². The van der Waals surface area contributed by atoms with Crippen LogP contribution in [0.4, 0.5) is 0 Å². The van der Waals surface area contributed by atoms with Crippen LogP contribution in [0.1, 0.15) is 44.5 Å². The average molecular weight is 1220 g/mol. The summed E-state index contributed by atoms with van der Waals surface area (Å²) in [7, 11) is 0. The minimum atomic E-state index is 0.507. The quantitative estimate of drug-likeness (QED) is 0.152. The smallest absolute Gasteiger partial charge is 0.168 e. The Hall–Kier alpha value is -11.3. The van der Waals surface area contributed by atoms with Crippen molar-refractivity contribution in [2.75, 3.05) is 0 Å². The first kappa shape index (κ1) is 54.7. The van der Waals surface area contributed by atoms with Crippen LogP contribution in [0.2, 0.25) is 0 Å². The Morgan fingerprint density at radius 2 is 0.527 bits per heavy atom. The summed E-state index contributed by atoms with van der Waals surface area (Å²) in [4.78, 5) is 23.4. The maximum absolute atomic E-state index is 5.99. The number of para-hydroxylation sites is 1. The molecule has 0 amide bonds. The van der Waals surface area contributed by atoms with Gasteiger partial charge < -0.3 is 18.3 Å². The fourth-order valence-corrected chi connectivity index (χ4v) is 15.9. The standard InChI is InChI=1S/C84H62N8S/c1-47-23-31-66-57(39-47)58-40-48(2)24-32-67(58)89(66)77-75(83-87-81(55-17-11-9-12-18-55)86-82(88-83)56-19-13-10-14-20-56)78(90-68-33-25-49(3)41-59(68)60-42-50(4)26-34-69(60)90)80(92-72-37-29-53(7)45-63(72)64-46-54(8)30-38-73(64)92)79(76(77)84-85-65-21-15-16-22-74(65)93-84)91-70-35-27-51(5)43-61(70)62-44-52(6)28-36-71(62)91/h9-46H,1-8H3. The van der Waals surface area contributed by atoms with E-state index in [9.17, 15) is 0 Å². The van der Waals surface area contributed by atoms with Crippen LogP contribution in [0.25, 0.3) is 165 Å². The van der Waals surface area contributed by atoms with E-state index in [1.54, 1.807) is 11.3 Å². The van der Waals surface area contributed by atoms with Crippen molar-refractivity contribution in [2.24, 2.45) is 0 Å². The molecule has 0 spiro atoms. The fourth-order valence-electron chi connectivity index (χ4n) is 14.9. The van der Waals surface area contributed by atoms with Crippen molar-refractivity contribution in [1.82, 2.24) is 38.2 Å². The first-order chi connectivity index (χ1) is 45.4. The van der Waals surface area contributed by atoms with Crippen LogP contribution >= 0.6 is 11.3 Å². The predicted molar refractivity (Wildman–Crippen MR) is 390 cm³/mol. The Labute approximate surface area is 541 Å². The maximum Gasteiger partial charge on any atom is 0.168 e. The second-order valence-electron chi connectivity index (χ2n) is 25.7. The number of hydrogen-bond acceptors (Lipinski definition) is 5. The summed E-state index contributed by atoms with van der Waals surface area (Å²) in [6.07, 6.45) is 0. The highest BCUT2D eigenvalue weighted by Crippen LogP contribution is 2.55. The number of aryl methyl sites for hydroxylation is 8. The Morgan fingerprint density at radius 1 is 0.247 bits per heavy atom. The predicted octanol–water partition coefficient (Wildman–Crippen LogP) is 22.0. The number of fused-ring (bicyclic) bond motifs is 13. The van der Waals surface area contributed by atoms with Crippen molar-refractivity contribution in [3.05, 3.63) is 275 Å². The molecule has 0 aliphatic rings. The third-order valence-electron chi connectivity index (χ3n) is 19.0. The molecule has 0 atom stereocenters. The Balaban J connectivity index is 1.24. The molecule has 0 unspecified atom stereocenters. The number of hydrogen-bond donors (Lipinski definition) is 0. The molecule has 8 nitrogen and oxygen atoms in total. The lowest BCUT2D eigenvalue weighted by atomic mass is 9.96. The molecule has 444 valence electrons. The van der Waals surface area contributed by atoms with Gasteiger partial charge in [0, 0.05) is 54.2 Å². The molecular weight excluding hydrogens is 1150 g/mol. The third-order valence-corrected chi connectivity index (χ3v) is 20.1. The van der Waals surface area contributed by atoms with Crippen molar-refractivity contribution in [1.29, 1.82) is 0 Å². The topological polar surface area (TPSA) is 71.3 Å². The Bertz CT molecular complexity index is 5880. The van der Waals surface area contributed by atoms with Crippen molar-refractivity contribution in [3.8, 4) is 67.5 Å². The molecule has 0 saturated carbocycles. The van der Waals surface area contributed by atoms with Crippen LogP contribution < -0.4 is 0 Å². The summed E-state index contributed by atoms with van der Waals surface area (Å²) in [5.41, 5.74) is 25.9. The number of nitrogens with zero attached hydrogens (tertiary/aromatic N) is 8. The average Bonchev–Trinajstić information content (AvgIpc) is 1.66. The monoisotopic (exact) mass is 1210 g/mol. The lowest BCUT2D eigenvalue weighted by Gasteiger charge is -2.30. The van der Waals surface area contributed by atoms with E-state index in [0.717, 1.165) is 137 Å². The first-order valence-electron chi connectivity index (χ1n) is 31.9. The van der Waals surface area contributed by atoms with Gasteiger partial charge in [-0.3, -0.25) is 0 Å². The van der Waals surface area contributed by atoms with Gasteiger partial charge in [-0.25, -0.2) is 19.9 Å². The molecule has 18 aromatic rings. The van der Waals surface area contributed by atoms with Gasteiger partial charge in [0.05, 0.1) is 88.2 Å². The normalized spacial score (nSPS) is 12.1. The van der Waals surface area contributed by atoms with Crippen molar-refractivity contribution in [3.63, 3.8) is 0 Å². The van der Waals surface area contributed by atoms with Gasteiger partial charge in [0.1, 0.15) is 5.01 Å². The van der Waals surface area contributed by atoms with Crippen LogP contribution in [-0.2, 0) is 0 Å². The molecule has 12 aromatic carbocycles. The summed E-state index contributed by atoms with van der Waals surface area (Å²) in [6, 6.07) is 85.3. The number of thiazole rings is 1. The molecule has 9 heteroatoms. The van der Waals surface area contributed by atoms with Gasteiger partial charge >= 0.3 is 0 Å². The van der Waals surface area contributed by atoms with Crippen molar-refractivity contribution >= 4 is 109 Å². The summed E-state index contributed by atoms with van der Waals surface area (Å²) in [6.45, 7) is 17.7. The number of benzene rings is 12. The van der Waals surface area contributed by atoms with E-state index in [0.29, 0.717) is 17.5 Å². The van der Waals surface area contributed by atoms with Gasteiger partial charge in [0.15, 0.2) is 17.5 Å². The van der Waals surface area contributed by atoms with Crippen molar-refractivity contribution in [2.45, 2.75) is 55.4 Å². The van der Waals surface area contributed by atoms with E-state index in [1.807, 2.05) is 0 Å². The molecule has 0 fully saturated rings.